The lowest BCUT2D eigenvalue weighted by Gasteiger charge is -2.24. The van der Waals surface area contributed by atoms with Crippen LogP contribution in [0, 0.1) is 5.92 Å². The van der Waals surface area contributed by atoms with E-state index in [2.05, 4.69) is 36.3 Å². The molecule has 0 radical (unpaired) electrons. The van der Waals surface area contributed by atoms with Crippen LogP contribution in [0.2, 0.25) is 0 Å². The molecule has 3 nitrogen and oxygen atoms in total. The van der Waals surface area contributed by atoms with Crippen molar-refractivity contribution in [2.45, 2.75) is 26.4 Å². The Kier molecular flexibility index (Phi) is 2.73. The summed E-state index contributed by atoms with van der Waals surface area (Å²) in [6.45, 7) is 4.95. The molecule has 80 valence electrons. The fraction of sp³-hybridized carbons (Fsp3) is 0.417. The lowest BCUT2D eigenvalue weighted by atomic mass is 10.0. The van der Waals surface area contributed by atoms with Crippen LogP contribution in [-0.4, -0.2) is 11.9 Å². The Labute approximate surface area is 90.4 Å². The molecule has 2 rings (SSSR count). The Hall–Kier alpha value is -1.35. The summed E-state index contributed by atoms with van der Waals surface area (Å²) in [5, 5.41) is 3.30. The first-order valence-corrected chi connectivity index (χ1v) is 5.33. The molecule has 0 aliphatic carbocycles. The van der Waals surface area contributed by atoms with E-state index in [4.69, 9.17) is 5.73 Å². The van der Waals surface area contributed by atoms with Gasteiger partial charge in [0.1, 0.15) is 5.84 Å². The average molecular weight is 203 g/mol. The van der Waals surface area contributed by atoms with Crippen molar-refractivity contribution in [1.82, 2.24) is 0 Å². The number of aliphatic imine (C=N–C) groups is 1. The maximum Gasteiger partial charge on any atom is 0.118 e. The lowest BCUT2D eigenvalue weighted by molar-refractivity contribution is 0.591. The van der Waals surface area contributed by atoms with E-state index in [1.807, 2.05) is 12.1 Å². The molecule has 0 aromatic heterocycles. The highest BCUT2D eigenvalue weighted by molar-refractivity contribution is 6.01. The maximum atomic E-state index is 6.06. The minimum absolute atomic E-state index is 0.00152. The molecule has 1 aromatic rings. The van der Waals surface area contributed by atoms with Crippen LogP contribution in [0.3, 0.4) is 0 Å². The molecule has 0 saturated carbocycles. The Morgan fingerprint density at radius 3 is 2.80 bits per heavy atom. The zero-order chi connectivity index (χ0) is 10.8. The highest BCUT2D eigenvalue weighted by Gasteiger charge is 2.18. The number of fused-ring (bicyclic) bond motifs is 1. The second kappa shape index (κ2) is 4.03. The van der Waals surface area contributed by atoms with Crippen molar-refractivity contribution >= 4 is 11.5 Å². The molecule has 1 aromatic carbocycles. The fourth-order valence-corrected chi connectivity index (χ4v) is 1.63. The van der Waals surface area contributed by atoms with Crippen LogP contribution < -0.4 is 11.1 Å². The van der Waals surface area contributed by atoms with Crippen molar-refractivity contribution < 1.29 is 0 Å². The summed E-state index contributed by atoms with van der Waals surface area (Å²) in [5.41, 5.74) is 8.43. The lowest BCUT2D eigenvalue weighted by Crippen LogP contribution is -2.41. The third-order valence-corrected chi connectivity index (χ3v) is 2.73. The van der Waals surface area contributed by atoms with Gasteiger partial charge in [0.25, 0.3) is 0 Å². The van der Waals surface area contributed by atoms with E-state index in [-0.39, 0.29) is 6.04 Å². The Bertz CT molecular complexity index is 382. The SMILES string of the molecule is CC(C)C(N)C1=NCc2ccccc2N1. The van der Waals surface area contributed by atoms with Crippen LogP contribution in [0.5, 0.6) is 0 Å². The summed E-state index contributed by atoms with van der Waals surface area (Å²) in [6.07, 6.45) is 0. The van der Waals surface area contributed by atoms with Gasteiger partial charge in [0.05, 0.1) is 12.6 Å². The van der Waals surface area contributed by atoms with Crippen molar-refractivity contribution in [2.75, 3.05) is 5.32 Å². The molecule has 0 amide bonds. The smallest absolute Gasteiger partial charge is 0.118 e. The van der Waals surface area contributed by atoms with E-state index >= 15 is 0 Å². The van der Waals surface area contributed by atoms with Gasteiger partial charge < -0.3 is 11.1 Å². The van der Waals surface area contributed by atoms with Crippen LogP contribution in [0.4, 0.5) is 5.69 Å². The Balaban J connectivity index is 2.19. The highest BCUT2D eigenvalue weighted by atomic mass is 15.1. The predicted octanol–water partition coefficient (Wildman–Crippen LogP) is 1.99. The molecule has 3 heteroatoms. The topological polar surface area (TPSA) is 50.4 Å². The van der Waals surface area contributed by atoms with Gasteiger partial charge >= 0.3 is 0 Å². The molecule has 1 unspecified atom stereocenters. The van der Waals surface area contributed by atoms with Crippen LogP contribution in [0.25, 0.3) is 0 Å². The zero-order valence-corrected chi connectivity index (χ0v) is 9.20. The van der Waals surface area contributed by atoms with E-state index in [0.29, 0.717) is 5.92 Å². The number of hydrogen-bond donors (Lipinski definition) is 2. The number of para-hydroxylation sites is 1. The molecule has 3 N–H and O–H groups in total. The standard InChI is InChI=1S/C12H17N3/c1-8(2)11(13)12-14-7-9-5-3-4-6-10(9)15-12/h3-6,8,11H,7,13H2,1-2H3,(H,14,15). The van der Waals surface area contributed by atoms with Gasteiger partial charge in [-0.1, -0.05) is 32.0 Å². The quantitative estimate of drug-likeness (QED) is 0.772. The molecule has 1 aliphatic rings. The van der Waals surface area contributed by atoms with Crippen molar-refractivity contribution in [2.24, 2.45) is 16.6 Å². The molecule has 15 heavy (non-hydrogen) atoms. The molecular formula is C12H17N3. The first kappa shape index (κ1) is 10.2. The number of nitrogens with two attached hydrogens (primary N) is 1. The normalized spacial score (nSPS) is 16.7. The summed E-state index contributed by atoms with van der Waals surface area (Å²) >= 11 is 0. The first-order chi connectivity index (χ1) is 7.18. The van der Waals surface area contributed by atoms with E-state index in [1.165, 1.54) is 5.56 Å². The third-order valence-electron chi connectivity index (χ3n) is 2.73. The van der Waals surface area contributed by atoms with Crippen LogP contribution in [-0.2, 0) is 6.54 Å². The van der Waals surface area contributed by atoms with Crippen molar-refractivity contribution in [3.63, 3.8) is 0 Å². The van der Waals surface area contributed by atoms with Crippen LogP contribution >= 0.6 is 0 Å². The average Bonchev–Trinajstić information content (AvgIpc) is 2.27. The Morgan fingerprint density at radius 1 is 1.33 bits per heavy atom. The molecule has 0 bridgehead atoms. The van der Waals surface area contributed by atoms with Gasteiger partial charge in [-0.05, 0) is 17.5 Å². The number of nitrogens with zero attached hydrogens (tertiary/aromatic N) is 1. The van der Waals surface area contributed by atoms with Crippen molar-refractivity contribution in [3.05, 3.63) is 29.8 Å². The Morgan fingerprint density at radius 2 is 2.07 bits per heavy atom. The third kappa shape index (κ3) is 2.02. The highest BCUT2D eigenvalue weighted by Crippen LogP contribution is 2.21. The van der Waals surface area contributed by atoms with E-state index in [0.717, 1.165) is 18.1 Å². The van der Waals surface area contributed by atoms with Gasteiger partial charge in [0.2, 0.25) is 0 Å². The van der Waals surface area contributed by atoms with Crippen LogP contribution in [0.1, 0.15) is 19.4 Å². The number of anilines is 1. The monoisotopic (exact) mass is 203 g/mol. The second-order valence-corrected chi connectivity index (χ2v) is 4.25. The number of amidine groups is 1. The minimum Gasteiger partial charge on any atom is -0.342 e. The second-order valence-electron chi connectivity index (χ2n) is 4.25. The molecule has 1 heterocycles. The van der Waals surface area contributed by atoms with E-state index in [1.54, 1.807) is 0 Å². The van der Waals surface area contributed by atoms with Gasteiger partial charge in [-0.25, -0.2) is 0 Å². The largest absolute Gasteiger partial charge is 0.342 e. The molecule has 1 aliphatic heterocycles. The summed E-state index contributed by atoms with van der Waals surface area (Å²) in [5.74, 6) is 1.31. The molecule has 0 fully saturated rings. The number of rotatable bonds is 2. The van der Waals surface area contributed by atoms with Gasteiger partial charge in [0.15, 0.2) is 0 Å². The zero-order valence-electron chi connectivity index (χ0n) is 9.20. The number of nitrogens with one attached hydrogen (secondary N) is 1. The summed E-state index contributed by atoms with van der Waals surface area (Å²) in [4.78, 5) is 4.47. The van der Waals surface area contributed by atoms with Crippen molar-refractivity contribution in [3.8, 4) is 0 Å². The van der Waals surface area contributed by atoms with Gasteiger partial charge in [-0.3, -0.25) is 4.99 Å². The first-order valence-electron chi connectivity index (χ1n) is 5.33. The molecule has 0 spiro atoms. The summed E-state index contributed by atoms with van der Waals surface area (Å²) < 4.78 is 0. The molecule has 0 saturated heterocycles. The van der Waals surface area contributed by atoms with Gasteiger partial charge in [-0.15, -0.1) is 0 Å². The fourth-order valence-electron chi connectivity index (χ4n) is 1.63. The summed E-state index contributed by atoms with van der Waals surface area (Å²) in [6, 6.07) is 8.21. The minimum atomic E-state index is -0.00152. The van der Waals surface area contributed by atoms with Gasteiger partial charge in [-0.2, -0.15) is 0 Å². The van der Waals surface area contributed by atoms with Crippen LogP contribution in [0.15, 0.2) is 29.3 Å². The number of hydrogen-bond acceptors (Lipinski definition) is 3. The van der Waals surface area contributed by atoms with E-state index in [9.17, 15) is 0 Å². The van der Waals surface area contributed by atoms with Crippen molar-refractivity contribution in [1.29, 1.82) is 0 Å². The maximum absolute atomic E-state index is 6.06. The van der Waals surface area contributed by atoms with E-state index < -0.39 is 0 Å². The predicted molar refractivity (Wildman–Crippen MR) is 64.0 cm³/mol. The van der Waals surface area contributed by atoms with Gasteiger partial charge in [0, 0.05) is 5.69 Å². The summed E-state index contributed by atoms with van der Waals surface area (Å²) in [7, 11) is 0. The number of benzene rings is 1. The molecular weight excluding hydrogens is 186 g/mol. The molecule has 1 atom stereocenters.